The SMILES string of the molecule is CCCCc1nc(Cl)c2n1Cc1ccc(cc1)-c1ccccc1-c1nnn(n1)Cc1c(Cl)nc(CCCC)n1Cc1ccc(cc1)-c1ccccc1-c1nnn(n1)C2. The molecule has 4 aliphatic rings. The zero-order valence-corrected chi connectivity index (χ0v) is 33.9. The largest absolute Gasteiger partial charge is 0.324 e. The molecule has 8 heterocycles. The molecule has 0 N–H and O–H groups in total. The topological polar surface area (TPSA) is 123 Å². The maximum atomic E-state index is 6.90. The second-order valence-corrected chi connectivity index (χ2v) is 15.4. The van der Waals surface area contributed by atoms with E-state index >= 15 is 0 Å². The van der Waals surface area contributed by atoms with Gasteiger partial charge in [0, 0.05) is 37.1 Å². The van der Waals surface area contributed by atoms with E-state index in [4.69, 9.17) is 43.4 Å². The molecule has 0 saturated heterocycles. The molecule has 0 unspecified atom stereocenters. The van der Waals surface area contributed by atoms with Crippen LogP contribution in [0.1, 0.15) is 73.7 Å². The third kappa shape index (κ3) is 7.57. The van der Waals surface area contributed by atoms with Gasteiger partial charge < -0.3 is 9.13 Å². The number of tetrazole rings is 2. The Labute approximate surface area is 346 Å². The van der Waals surface area contributed by atoms with Crippen molar-refractivity contribution >= 4 is 23.2 Å². The molecular formula is C44H42Cl2N12. The minimum Gasteiger partial charge on any atom is -0.324 e. The fourth-order valence-electron chi connectivity index (χ4n) is 7.64. The van der Waals surface area contributed by atoms with E-state index in [1.165, 1.54) is 0 Å². The van der Waals surface area contributed by atoms with Gasteiger partial charge in [-0.15, -0.1) is 20.4 Å². The highest BCUT2D eigenvalue weighted by atomic mass is 35.5. The molecule has 0 amide bonds. The summed E-state index contributed by atoms with van der Waals surface area (Å²) in [6, 6.07) is 33.4. The van der Waals surface area contributed by atoms with E-state index in [1.54, 1.807) is 9.59 Å². The van der Waals surface area contributed by atoms with E-state index in [0.29, 0.717) is 48.1 Å². The Morgan fingerprint density at radius 2 is 0.897 bits per heavy atom. The Balaban J connectivity index is 1.16. The smallest absolute Gasteiger partial charge is 0.205 e. The average Bonchev–Trinajstić information content (AvgIpc) is 4.05. The molecule has 0 atom stereocenters. The summed E-state index contributed by atoms with van der Waals surface area (Å²) in [7, 11) is 0. The van der Waals surface area contributed by atoms with Crippen molar-refractivity contribution in [2.75, 3.05) is 0 Å². The van der Waals surface area contributed by atoms with Gasteiger partial charge in [0.1, 0.15) is 24.7 Å². The molecule has 8 bridgehead atoms. The van der Waals surface area contributed by atoms with Crippen molar-refractivity contribution in [3.63, 3.8) is 0 Å². The quantitative estimate of drug-likeness (QED) is 0.163. The highest BCUT2D eigenvalue weighted by Gasteiger charge is 2.22. The van der Waals surface area contributed by atoms with Crippen LogP contribution < -0.4 is 0 Å². The van der Waals surface area contributed by atoms with E-state index < -0.39 is 0 Å². The monoisotopic (exact) mass is 808 g/mol. The van der Waals surface area contributed by atoms with Crippen LogP contribution in [0.4, 0.5) is 0 Å². The summed E-state index contributed by atoms with van der Waals surface area (Å²) < 4.78 is 4.41. The molecule has 0 radical (unpaired) electrons. The number of aryl methyl sites for hydroxylation is 2. The van der Waals surface area contributed by atoms with Crippen LogP contribution in [0.15, 0.2) is 97.1 Å². The van der Waals surface area contributed by atoms with Crippen molar-refractivity contribution in [2.24, 2.45) is 0 Å². The van der Waals surface area contributed by atoms with Crippen LogP contribution in [0.5, 0.6) is 0 Å². The molecule has 0 aliphatic carbocycles. The van der Waals surface area contributed by atoms with Gasteiger partial charge in [-0.05, 0) is 56.6 Å². The summed E-state index contributed by atoms with van der Waals surface area (Å²) >= 11 is 13.8. The number of unbranched alkanes of at least 4 members (excludes halogenated alkanes) is 2. The lowest BCUT2D eigenvalue weighted by molar-refractivity contribution is 0.540. The first kappa shape index (κ1) is 37.6. The van der Waals surface area contributed by atoms with E-state index in [0.717, 1.165) is 106 Å². The summed E-state index contributed by atoms with van der Waals surface area (Å²) in [6.45, 7) is 6.18. The van der Waals surface area contributed by atoms with Crippen LogP contribution in [0.25, 0.3) is 45.0 Å². The molecule has 14 heteroatoms. The van der Waals surface area contributed by atoms with Crippen molar-refractivity contribution in [2.45, 2.75) is 78.6 Å². The number of aromatic nitrogens is 12. The number of halogens is 2. The first-order valence-electron chi connectivity index (χ1n) is 19.9. The van der Waals surface area contributed by atoms with Crippen LogP contribution in [0, 0.1) is 0 Å². The third-order valence-corrected chi connectivity index (χ3v) is 11.4. The van der Waals surface area contributed by atoms with Crippen molar-refractivity contribution in [3.05, 3.63) is 142 Å². The van der Waals surface area contributed by atoms with E-state index in [-0.39, 0.29) is 0 Å². The molecular weight excluding hydrogens is 767 g/mol. The Kier molecular flexibility index (Phi) is 10.7. The van der Waals surface area contributed by atoms with E-state index in [2.05, 4.69) is 104 Å². The molecule has 12 rings (SSSR count). The van der Waals surface area contributed by atoms with Gasteiger partial charge in [-0.3, -0.25) is 0 Å². The highest BCUT2D eigenvalue weighted by Crippen LogP contribution is 2.33. The van der Waals surface area contributed by atoms with Gasteiger partial charge in [0.25, 0.3) is 0 Å². The Morgan fingerprint density at radius 3 is 1.29 bits per heavy atom. The lowest BCUT2D eigenvalue weighted by atomic mass is 9.98. The van der Waals surface area contributed by atoms with Crippen molar-refractivity contribution in [1.29, 1.82) is 0 Å². The van der Waals surface area contributed by atoms with Crippen molar-refractivity contribution in [1.82, 2.24) is 59.5 Å². The number of benzene rings is 4. The fourth-order valence-corrected chi connectivity index (χ4v) is 8.16. The lowest BCUT2D eigenvalue weighted by Crippen LogP contribution is -2.14. The van der Waals surface area contributed by atoms with E-state index in [9.17, 15) is 0 Å². The third-order valence-electron chi connectivity index (χ3n) is 10.7. The number of imidazole rings is 2. The van der Waals surface area contributed by atoms with Crippen molar-refractivity contribution in [3.8, 4) is 45.0 Å². The molecule has 4 aromatic heterocycles. The zero-order valence-electron chi connectivity index (χ0n) is 32.4. The predicted octanol–water partition coefficient (Wildman–Crippen LogP) is 9.22. The highest BCUT2D eigenvalue weighted by molar-refractivity contribution is 6.30. The molecule has 4 aliphatic heterocycles. The van der Waals surface area contributed by atoms with Gasteiger partial charge in [-0.1, -0.05) is 147 Å². The van der Waals surface area contributed by atoms with Gasteiger partial charge in [-0.2, -0.15) is 9.59 Å². The van der Waals surface area contributed by atoms with Crippen LogP contribution in [-0.2, 0) is 39.0 Å². The first-order chi connectivity index (χ1) is 28.4. The summed E-state index contributed by atoms with van der Waals surface area (Å²) in [6.07, 6.45) is 5.72. The number of rotatable bonds is 6. The normalized spacial score (nSPS) is 12.6. The minimum absolute atomic E-state index is 0.321. The molecule has 0 saturated carbocycles. The van der Waals surface area contributed by atoms with Crippen LogP contribution in [0.2, 0.25) is 10.3 Å². The molecule has 0 spiro atoms. The van der Waals surface area contributed by atoms with Crippen molar-refractivity contribution < 1.29 is 0 Å². The number of hydrogen-bond acceptors (Lipinski definition) is 8. The Morgan fingerprint density at radius 1 is 0.500 bits per heavy atom. The predicted molar refractivity (Wildman–Crippen MR) is 225 cm³/mol. The van der Waals surface area contributed by atoms with Gasteiger partial charge in [0.15, 0.2) is 10.3 Å². The minimum atomic E-state index is 0.321. The molecule has 0 fully saturated rings. The fraction of sp³-hybridized carbons (Fsp3) is 0.273. The summed E-state index contributed by atoms with van der Waals surface area (Å²) in [5.41, 5.74) is 9.77. The molecule has 58 heavy (non-hydrogen) atoms. The lowest BCUT2D eigenvalue weighted by Gasteiger charge is -2.14. The van der Waals surface area contributed by atoms with Gasteiger partial charge in [0.2, 0.25) is 11.6 Å². The first-order valence-corrected chi connectivity index (χ1v) is 20.6. The molecule has 8 aromatic rings. The number of hydrogen-bond donors (Lipinski definition) is 0. The molecule has 12 nitrogen and oxygen atoms in total. The Bertz CT molecular complexity index is 2500. The summed E-state index contributed by atoms with van der Waals surface area (Å²) in [4.78, 5) is 12.9. The second kappa shape index (κ2) is 16.5. The van der Waals surface area contributed by atoms with Gasteiger partial charge >= 0.3 is 0 Å². The standard InChI is InChI=1S/C44H42Cl2N12/c1-3-5-15-39-47-41(45)37-27-57-51-43(49-53-57)35-13-9-8-12-34(35)32-23-19-30(20-24-32)26-56-38(42(46)48-40(56)16-6-4-2)28-58-52-44(50-54-58)36-14-10-7-11-33(36)31-21-17-29(18-22-31)25-55(37)39/h7-14,17-24H,3-6,15-16,25-28H2,1-2H3. The Hall–Kier alpha value is -5.98. The van der Waals surface area contributed by atoms with Crippen LogP contribution in [-0.4, -0.2) is 59.5 Å². The van der Waals surface area contributed by atoms with Crippen LogP contribution >= 0.6 is 23.2 Å². The number of nitrogens with zero attached hydrogens (tertiary/aromatic N) is 12. The molecule has 4 aromatic carbocycles. The summed E-state index contributed by atoms with van der Waals surface area (Å²) in [5, 5.41) is 28.7. The van der Waals surface area contributed by atoms with E-state index in [1.807, 2.05) is 36.4 Å². The second-order valence-electron chi connectivity index (χ2n) is 14.7. The van der Waals surface area contributed by atoms with Gasteiger partial charge in [0.05, 0.1) is 11.4 Å². The average molecular weight is 810 g/mol. The molecule has 292 valence electrons. The maximum absolute atomic E-state index is 6.90. The van der Waals surface area contributed by atoms with Gasteiger partial charge in [-0.25, -0.2) is 9.97 Å². The maximum Gasteiger partial charge on any atom is 0.205 e. The zero-order chi connectivity index (χ0) is 39.6. The summed E-state index contributed by atoms with van der Waals surface area (Å²) in [5.74, 6) is 2.95. The van der Waals surface area contributed by atoms with Crippen LogP contribution in [0.3, 0.4) is 0 Å².